The standard InChI is InChI=1S/C35H47N3O9S2/c1-20(2)16-38(49(42,43)26-11-12-28-31(15-26)48-35(37-28)36-24-7-8-24)17-29(39)23(13-22-5-9-25(44-4)10-6-22)14-32(40)47-33-21(3)27-18-45-30(33)19-46-34(27)41/h5-6,9-12,15,20-21,23-24,27,29-30,33-34,39,41H,7-8,13-14,16-19H2,1-4H3,(H,36,37)/t21?,23-,27?,29-,30?,33?,34?/m1/s1. The maximum atomic E-state index is 14.2. The Morgan fingerprint density at radius 2 is 1.88 bits per heavy atom. The van der Waals surface area contributed by atoms with Crippen LogP contribution in [-0.2, 0) is 35.4 Å². The van der Waals surface area contributed by atoms with Crippen LogP contribution in [0.1, 0.15) is 45.6 Å². The summed E-state index contributed by atoms with van der Waals surface area (Å²) in [5.41, 5.74) is 1.58. The van der Waals surface area contributed by atoms with Gasteiger partial charge in [-0.3, -0.25) is 4.79 Å². The first-order chi connectivity index (χ1) is 23.4. The minimum Gasteiger partial charge on any atom is -0.497 e. The van der Waals surface area contributed by atoms with Gasteiger partial charge in [-0.05, 0) is 61.1 Å². The fourth-order valence-corrected chi connectivity index (χ4v) is 9.29. The topological polar surface area (TPSA) is 157 Å². The van der Waals surface area contributed by atoms with Gasteiger partial charge in [-0.15, -0.1) is 0 Å². The first-order valence-corrected chi connectivity index (χ1v) is 19.3. The zero-order valence-corrected chi connectivity index (χ0v) is 30.0. The number of hydrogen-bond donors (Lipinski definition) is 3. The fourth-order valence-electron chi connectivity index (χ4n) is 6.59. The molecule has 1 saturated carbocycles. The van der Waals surface area contributed by atoms with Crippen LogP contribution in [0.25, 0.3) is 10.2 Å². The highest BCUT2D eigenvalue weighted by Gasteiger charge is 2.47. The molecule has 3 N–H and O–H groups in total. The van der Waals surface area contributed by atoms with Crippen molar-refractivity contribution in [3.63, 3.8) is 0 Å². The van der Waals surface area contributed by atoms with Crippen LogP contribution in [0.5, 0.6) is 5.75 Å². The lowest BCUT2D eigenvalue weighted by atomic mass is 9.85. The van der Waals surface area contributed by atoms with Gasteiger partial charge < -0.3 is 34.5 Å². The number of anilines is 1. The summed E-state index contributed by atoms with van der Waals surface area (Å²) in [6.45, 7) is 6.14. The third-order valence-corrected chi connectivity index (χ3v) is 12.4. The molecule has 4 fully saturated rings. The van der Waals surface area contributed by atoms with E-state index in [0.717, 1.165) is 33.8 Å². The molecule has 2 bridgehead atoms. The number of ether oxygens (including phenoxy) is 4. The number of aromatic nitrogens is 1. The summed E-state index contributed by atoms with van der Waals surface area (Å²) in [7, 11) is -2.45. The van der Waals surface area contributed by atoms with Gasteiger partial charge in [0.2, 0.25) is 10.0 Å². The first-order valence-electron chi connectivity index (χ1n) is 17.0. The van der Waals surface area contributed by atoms with Crippen molar-refractivity contribution in [2.24, 2.45) is 23.7 Å². The molecule has 0 spiro atoms. The predicted octanol–water partition coefficient (Wildman–Crippen LogP) is 4.05. The molecule has 1 aliphatic carbocycles. The van der Waals surface area contributed by atoms with E-state index in [9.17, 15) is 23.4 Å². The van der Waals surface area contributed by atoms with Gasteiger partial charge in [0.05, 0.1) is 48.0 Å². The van der Waals surface area contributed by atoms with Crippen LogP contribution in [0.2, 0.25) is 0 Å². The van der Waals surface area contributed by atoms with Crippen molar-refractivity contribution in [3.05, 3.63) is 48.0 Å². The quantitative estimate of drug-likeness (QED) is 0.195. The van der Waals surface area contributed by atoms with Gasteiger partial charge in [0.15, 0.2) is 11.4 Å². The molecule has 7 rings (SSSR count). The molecule has 0 radical (unpaired) electrons. The average Bonchev–Trinajstić information content (AvgIpc) is 3.84. The number of hydrogen-bond acceptors (Lipinski definition) is 12. The highest BCUT2D eigenvalue weighted by Crippen LogP contribution is 2.36. The predicted molar refractivity (Wildman–Crippen MR) is 185 cm³/mol. The van der Waals surface area contributed by atoms with E-state index in [4.69, 9.17) is 18.9 Å². The monoisotopic (exact) mass is 717 g/mol. The molecule has 0 amide bonds. The van der Waals surface area contributed by atoms with E-state index in [-0.39, 0.29) is 48.8 Å². The fraction of sp³-hybridized carbons (Fsp3) is 0.600. The number of methoxy groups -OCH3 is 1. The first kappa shape index (κ1) is 36.0. The molecule has 1 aromatic heterocycles. The summed E-state index contributed by atoms with van der Waals surface area (Å²) >= 11 is 1.43. The summed E-state index contributed by atoms with van der Waals surface area (Å²) < 4.78 is 53.0. The van der Waals surface area contributed by atoms with Gasteiger partial charge in [-0.2, -0.15) is 4.31 Å². The number of nitrogens with zero attached hydrogens (tertiary/aromatic N) is 2. The zero-order valence-electron chi connectivity index (χ0n) is 28.4. The summed E-state index contributed by atoms with van der Waals surface area (Å²) in [6, 6.07) is 12.7. The number of benzene rings is 2. The largest absolute Gasteiger partial charge is 0.497 e. The van der Waals surface area contributed by atoms with Crippen molar-refractivity contribution in [2.45, 2.75) is 82.0 Å². The number of rotatable bonds is 15. The highest BCUT2D eigenvalue weighted by atomic mass is 32.2. The molecule has 4 heterocycles. The van der Waals surface area contributed by atoms with Crippen LogP contribution >= 0.6 is 11.3 Å². The van der Waals surface area contributed by atoms with Gasteiger partial charge in [0.1, 0.15) is 18.0 Å². The van der Waals surface area contributed by atoms with Crippen molar-refractivity contribution in [1.82, 2.24) is 9.29 Å². The number of thiazole rings is 1. The van der Waals surface area contributed by atoms with Crippen LogP contribution in [-0.4, -0.2) is 97.9 Å². The smallest absolute Gasteiger partial charge is 0.306 e. The molecule has 268 valence electrons. The second-order valence-corrected chi connectivity index (χ2v) is 16.9. The maximum absolute atomic E-state index is 14.2. The lowest BCUT2D eigenvalue weighted by Crippen LogP contribution is -2.48. The van der Waals surface area contributed by atoms with E-state index in [1.54, 1.807) is 37.4 Å². The summed E-state index contributed by atoms with van der Waals surface area (Å²) in [6.07, 6.45) is -0.988. The Hall–Kier alpha value is -2.85. The number of carbonyl (C=O) groups excluding carboxylic acids is 1. The van der Waals surface area contributed by atoms with Crippen LogP contribution in [0, 0.1) is 23.7 Å². The van der Waals surface area contributed by atoms with Crippen molar-refractivity contribution in [3.8, 4) is 5.75 Å². The number of carbonyl (C=O) groups is 1. The van der Waals surface area contributed by atoms with E-state index in [1.807, 2.05) is 32.9 Å². The molecule has 12 nitrogen and oxygen atoms in total. The third kappa shape index (κ3) is 8.55. The summed E-state index contributed by atoms with van der Waals surface area (Å²) in [4.78, 5) is 18.3. The minimum atomic E-state index is -4.03. The van der Waals surface area contributed by atoms with Crippen LogP contribution in [0.15, 0.2) is 47.4 Å². The minimum absolute atomic E-state index is 0.0295. The third-order valence-electron chi connectivity index (χ3n) is 9.62. The molecule has 14 heteroatoms. The van der Waals surface area contributed by atoms with Crippen molar-refractivity contribution in [1.29, 1.82) is 0 Å². The molecule has 5 unspecified atom stereocenters. The number of esters is 1. The average molecular weight is 718 g/mol. The van der Waals surface area contributed by atoms with E-state index in [0.29, 0.717) is 24.8 Å². The number of aliphatic hydroxyl groups excluding tert-OH is 2. The van der Waals surface area contributed by atoms with E-state index in [2.05, 4.69) is 10.3 Å². The van der Waals surface area contributed by atoms with Gasteiger partial charge in [0.25, 0.3) is 0 Å². The molecule has 7 atom stereocenters. The number of fused-ring (bicyclic) bond motifs is 5. The summed E-state index contributed by atoms with van der Waals surface area (Å²) in [5.74, 6) is -1.11. The molecule has 4 aliphatic rings. The molecular weight excluding hydrogens is 671 g/mol. The zero-order chi connectivity index (χ0) is 34.9. The Balaban J connectivity index is 1.22. The number of aliphatic hydroxyl groups is 2. The molecule has 3 aromatic rings. The van der Waals surface area contributed by atoms with Gasteiger partial charge in [-0.25, -0.2) is 13.4 Å². The normalized spacial score (nSPS) is 25.3. The van der Waals surface area contributed by atoms with Crippen molar-refractivity contribution in [2.75, 3.05) is 38.7 Å². The Morgan fingerprint density at radius 1 is 1.12 bits per heavy atom. The highest BCUT2D eigenvalue weighted by molar-refractivity contribution is 7.89. The van der Waals surface area contributed by atoms with E-state index in [1.165, 1.54) is 15.6 Å². The second-order valence-electron chi connectivity index (χ2n) is 13.9. The molecule has 49 heavy (non-hydrogen) atoms. The number of sulfonamides is 1. The lowest BCUT2D eigenvalue weighted by Gasteiger charge is -2.37. The van der Waals surface area contributed by atoms with E-state index >= 15 is 0 Å². The molecule has 3 saturated heterocycles. The number of nitrogens with one attached hydrogen (secondary N) is 1. The Kier molecular flexibility index (Phi) is 11.1. The maximum Gasteiger partial charge on any atom is 0.306 e. The molecule has 2 aromatic carbocycles. The van der Waals surface area contributed by atoms with Gasteiger partial charge in [0, 0.05) is 36.9 Å². The SMILES string of the molecule is COc1ccc(C[C@H](CC(=O)OC2C3COC(O)C(CO3)C2C)[C@H](O)CN(CC(C)C)S(=O)(=O)c2ccc3nc(NC4CC4)sc3c2)cc1. The van der Waals surface area contributed by atoms with Gasteiger partial charge in [-0.1, -0.05) is 44.2 Å². The van der Waals surface area contributed by atoms with Crippen molar-refractivity contribution >= 4 is 42.7 Å². The lowest BCUT2D eigenvalue weighted by molar-refractivity contribution is -0.180. The molecule has 3 aliphatic heterocycles. The molecular formula is C35H47N3O9S2. The van der Waals surface area contributed by atoms with Crippen molar-refractivity contribution < 1.29 is 42.4 Å². The second kappa shape index (κ2) is 15.2. The Bertz CT molecular complexity index is 1700. The summed E-state index contributed by atoms with van der Waals surface area (Å²) in [5, 5.41) is 26.3. The van der Waals surface area contributed by atoms with Crippen LogP contribution in [0.4, 0.5) is 5.13 Å². The Labute approximate surface area is 291 Å². The van der Waals surface area contributed by atoms with Crippen LogP contribution < -0.4 is 10.1 Å². The Morgan fingerprint density at radius 3 is 2.57 bits per heavy atom. The van der Waals surface area contributed by atoms with Crippen LogP contribution in [0.3, 0.4) is 0 Å². The van der Waals surface area contributed by atoms with E-state index < -0.39 is 46.5 Å². The van der Waals surface area contributed by atoms with Gasteiger partial charge >= 0.3 is 5.97 Å².